The normalized spacial score (nSPS) is 12.7. The fraction of sp³-hybridized carbons (Fsp3) is 0.188. The van der Waals surface area contributed by atoms with Gasteiger partial charge in [0.2, 0.25) is 0 Å². The smallest absolute Gasteiger partial charge is 0.138 e. The number of halogens is 2. The van der Waals surface area contributed by atoms with Gasteiger partial charge >= 0.3 is 0 Å². The average Bonchev–Trinajstić information content (AvgIpc) is 2.49. The first-order chi connectivity index (χ1) is 10.1. The van der Waals surface area contributed by atoms with E-state index in [-0.39, 0.29) is 18.4 Å². The highest BCUT2D eigenvalue weighted by atomic mass is 79.9. The lowest BCUT2D eigenvalue weighted by molar-refractivity contribution is 0.266. The van der Waals surface area contributed by atoms with Crippen LogP contribution in [0.2, 0.25) is 0 Å². The lowest BCUT2D eigenvalue weighted by Gasteiger charge is -2.10. The second-order valence-electron chi connectivity index (χ2n) is 4.63. The molecular formula is C16H15Br2NO2. The molecule has 2 aromatic rings. The van der Waals surface area contributed by atoms with Gasteiger partial charge in [-0.05, 0) is 40.0 Å². The number of aliphatic hydroxyl groups is 1. The summed E-state index contributed by atoms with van der Waals surface area (Å²) in [5.74, 6) is 0.137. The van der Waals surface area contributed by atoms with Crippen LogP contribution in [-0.4, -0.2) is 29.1 Å². The summed E-state index contributed by atoms with van der Waals surface area (Å²) >= 11 is 6.66. The fourth-order valence-electron chi connectivity index (χ4n) is 1.92. The first kappa shape index (κ1) is 16.2. The van der Waals surface area contributed by atoms with Crippen LogP contribution in [0.1, 0.15) is 11.1 Å². The van der Waals surface area contributed by atoms with E-state index in [1.165, 1.54) is 0 Å². The van der Waals surface area contributed by atoms with Crippen molar-refractivity contribution in [1.82, 2.24) is 0 Å². The molecule has 2 rings (SSSR count). The van der Waals surface area contributed by atoms with Gasteiger partial charge in [-0.1, -0.05) is 46.3 Å². The maximum atomic E-state index is 9.98. The van der Waals surface area contributed by atoms with Gasteiger partial charge < -0.3 is 10.2 Å². The highest BCUT2D eigenvalue weighted by molar-refractivity contribution is 9.11. The Hall–Kier alpha value is -1.17. The molecule has 0 radical (unpaired) electrons. The topological polar surface area (TPSA) is 52.8 Å². The quantitative estimate of drug-likeness (QED) is 0.730. The van der Waals surface area contributed by atoms with Crippen LogP contribution in [0.3, 0.4) is 0 Å². The highest BCUT2D eigenvalue weighted by Crippen LogP contribution is 2.30. The van der Waals surface area contributed by atoms with Crippen molar-refractivity contribution in [2.75, 3.05) is 6.61 Å². The van der Waals surface area contributed by atoms with Crippen LogP contribution in [0.25, 0.3) is 0 Å². The number of nitrogens with zero attached hydrogens (tertiary/aromatic N) is 1. The summed E-state index contributed by atoms with van der Waals surface area (Å²) in [6.07, 6.45) is 2.25. The Morgan fingerprint density at radius 1 is 1.14 bits per heavy atom. The number of aliphatic imine (C=N–C) groups is 1. The van der Waals surface area contributed by atoms with E-state index in [0.29, 0.717) is 16.5 Å². The summed E-state index contributed by atoms with van der Waals surface area (Å²) < 4.78 is 1.44. The van der Waals surface area contributed by atoms with Gasteiger partial charge in [0.05, 0.1) is 17.1 Å². The molecule has 1 atom stereocenters. The molecule has 2 aromatic carbocycles. The summed E-state index contributed by atoms with van der Waals surface area (Å²) in [6.45, 7) is -0.0403. The van der Waals surface area contributed by atoms with Gasteiger partial charge in [0.15, 0.2) is 0 Å². The molecule has 5 heteroatoms. The van der Waals surface area contributed by atoms with Crippen LogP contribution < -0.4 is 0 Å². The maximum Gasteiger partial charge on any atom is 0.138 e. The predicted octanol–water partition coefficient (Wildman–Crippen LogP) is 3.94. The van der Waals surface area contributed by atoms with Crippen molar-refractivity contribution in [2.45, 2.75) is 12.5 Å². The van der Waals surface area contributed by atoms with Crippen molar-refractivity contribution in [3.8, 4) is 5.75 Å². The molecule has 0 unspecified atom stereocenters. The van der Waals surface area contributed by atoms with E-state index in [2.05, 4.69) is 36.9 Å². The van der Waals surface area contributed by atoms with Crippen LogP contribution in [0.15, 0.2) is 56.4 Å². The molecule has 3 nitrogen and oxygen atoms in total. The van der Waals surface area contributed by atoms with Crippen molar-refractivity contribution >= 4 is 38.1 Å². The fourth-order valence-corrected chi connectivity index (χ4v) is 3.18. The van der Waals surface area contributed by atoms with E-state index >= 15 is 0 Å². The third kappa shape index (κ3) is 4.66. The van der Waals surface area contributed by atoms with E-state index in [1.807, 2.05) is 30.3 Å². The molecule has 0 bridgehead atoms. The zero-order chi connectivity index (χ0) is 15.2. The minimum absolute atomic E-state index is 0.0403. The van der Waals surface area contributed by atoms with Gasteiger partial charge in [-0.25, -0.2) is 0 Å². The molecule has 0 saturated carbocycles. The molecule has 2 N–H and O–H groups in total. The first-order valence-corrected chi connectivity index (χ1v) is 8.04. The van der Waals surface area contributed by atoms with Crippen LogP contribution in [0.4, 0.5) is 0 Å². The van der Waals surface area contributed by atoms with Crippen LogP contribution >= 0.6 is 31.9 Å². The largest absolute Gasteiger partial charge is 0.506 e. The first-order valence-electron chi connectivity index (χ1n) is 6.46. The van der Waals surface area contributed by atoms with Crippen molar-refractivity contribution in [3.05, 3.63) is 62.5 Å². The number of hydrogen-bond donors (Lipinski definition) is 2. The SMILES string of the molecule is OC[C@H](Cc1ccccc1)N=Cc1cc(Br)cc(Br)c1O. The van der Waals surface area contributed by atoms with Crippen molar-refractivity contribution in [3.63, 3.8) is 0 Å². The lowest BCUT2D eigenvalue weighted by atomic mass is 10.1. The number of benzene rings is 2. The van der Waals surface area contributed by atoms with Gasteiger partial charge in [-0.15, -0.1) is 0 Å². The molecule has 21 heavy (non-hydrogen) atoms. The Bertz CT molecular complexity index is 630. The Morgan fingerprint density at radius 2 is 1.86 bits per heavy atom. The van der Waals surface area contributed by atoms with E-state index < -0.39 is 0 Å². The number of hydrogen-bond acceptors (Lipinski definition) is 3. The second-order valence-corrected chi connectivity index (χ2v) is 6.40. The Labute approximate surface area is 140 Å². The van der Waals surface area contributed by atoms with Crippen molar-refractivity contribution < 1.29 is 10.2 Å². The molecule has 0 heterocycles. The number of phenolic OH excluding ortho intramolecular Hbond substituents is 1. The van der Waals surface area contributed by atoms with E-state index in [4.69, 9.17) is 0 Å². The van der Waals surface area contributed by atoms with Gasteiger partial charge in [0, 0.05) is 16.3 Å². The minimum Gasteiger partial charge on any atom is -0.506 e. The molecule has 0 aliphatic heterocycles. The van der Waals surface area contributed by atoms with Crippen molar-refractivity contribution in [1.29, 1.82) is 0 Å². The van der Waals surface area contributed by atoms with Crippen LogP contribution in [-0.2, 0) is 6.42 Å². The zero-order valence-corrected chi connectivity index (χ0v) is 14.4. The molecule has 0 fully saturated rings. The lowest BCUT2D eigenvalue weighted by Crippen LogP contribution is -2.14. The minimum atomic E-state index is -0.232. The zero-order valence-electron chi connectivity index (χ0n) is 11.2. The average molecular weight is 413 g/mol. The Kier molecular flexibility index (Phi) is 5.96. The molecule has 0 aliphatic carbocycles. The summed E-state index contributed by atoms with van der Waals surface area (Å²) in [4.78, 5) is 4.37. The van der Waals surface area contributed by atoms with Crippen LogP contribution in [0, 0.1) is 0 Å². The van der Waals surface area contributed by atoms with Gasteiger partial charge in [-0.2, -0.15) is 0 Å². The molecule has 0 aliphatic rings. The Balaban J connectivity index is 2.15. The third-order valence-corrected chi connectivity index (χ3v) is 4.07. The number of aromatic hydroxyl groups is 1. The highest BCUT2D eigenvalue weighted by Gasteiger charge is 2.08. The maximum absolute atomic E-state index is 9.98. The standard InChI is InChI=1S/C16H15Br2NO2/c17-13-7-12(16(21)15(18)8-13)9-19-14(10-20)6-11-4-2-1-3-5-11/h1-5,7-9,14,20-21H,6,10H2/t14-/m0/s1. The molecule has 0 amide bonds. The van der Waals surface area contributed by atoms with E-state index in [1.54, 1.807) is 18.3 Å². The van der Waals surface area contributed by atoms with Crippen LogP contribution in [0.5, 0.6) is 5.75 Å². The van der Waals surface area contributed by atoms with Gasteiger partial charge in [-0.3, -0.25) is 4.99 Å². The van der Waals surface area contributed by atoms with E-state index in [9.17, 15) is 10.2 Å². The van der Waals surface area contributed by atoms with Gasteiger partial charge in [0.1, 0.15) is 5.75 Å². The van der Waals surface area contributed by atoms with Gasteiger partial charge in [0.25, 0.3) is 0 Å². The number of rotatable bonds is 5. The molecule has 0 aromatic heterocycles. The monoisotopic (exact) mass is 411 g/mol. The summed E-state index contributed by atoms with van der Waals surface area (Å²) in [5, 5.41) is 19.4. The molecular weight excluding hydrogens is 398 g/mol. The summed E-state index contributed by atoms with van der Waals surface area (Å²) in [6, 6.07) is 13.2. The molecule has 0 saturated heterocycles. The Morgan fingerprint density at radius 3 is 2.52 bits per heavy atom. The molecule has 110 valence electrons. The number of aliphatic hydroxyl groups excluding tert-OH is 1. The second kappa shape index (κ2) is 7.73. The summed E-state index contributed by atoms with van der Waals surface area (Å²) in [7, 11) is 0. The third-order valence-electron chi connectivity index (χ3n) is 3.01. The van der Waals surface area contributed by atoms with E-state index in [0.717, 1.165) is 10.0 Å². The summed E-state index contributed by atoms with van der Waals surface area (Å²) in [5.41, 5.74) is 1.72. The predicted molar refractivity (Wildman–Crippen MR) is 92.1 cm³/mol. The molecule has 0 spiro atoms. The number of phenols is 1. The van der Waals surface area contributed by atoms with Crippen molar-refractivity contribution in [2.24, 2.45) is 4.99 Å².